The van der Waals surface area contributed by atoms with Crippen molar-refractivity contribution in [3.05, 3.63) is 82.3 Å². The number of hydrogen-bond donors (Lipinski definition) is 2. The molecule has 2 amide bonds. The third-order valence-corrected chi connectivity index (χ3v) is 5.26. The van der Waals surface area contributed by atoms with E-state index in [2.05, 4.69) is 26.6 Å². The Labute approximate surface area is 189 Å². The summed E-state index contributed by atoms with van der Waals surface area (Å²) < 4.78 is 11.9. The summed E-state index contributed by atoms with van der Waals surface area (Å²) in [6.07, 6.45) is 0. The number of para-hydroxylation sites is 1. The summed E-state index contributed by atoms with van der Waals surface area (Å²) in [6, 6.07) is 19.4. The van der Waals surface area contributed by atoms with Gasteiger partial charge >= 0.3 is 0 Å². The van der Waals surface area contributed by atoms with Crippen LogP contribution < -0.4 is 20.1 Å². The fraction of sp³-hybridized carbons (Fsp3) is 0.167. The van der Waals surface area contributed by atoms with E-state index in [4.69, 9.17) is 9.47 Å². The van der Waals surface area contributed by atoms with Gasteiger partial charge < -0.3 is 20.1 Å². The van der Waals surface area contributed by atoms with Crippen LogP contribution in [-0.4, -0.2) is 25.0 Å². The molecule has 2 N–H and O–H groups in total. The van der Waals surface area contributed by atoms with Crippen LogP contribution in [0.5, 0.6) is 11.5 Å². The average molecular weight is 483 g/mol. The second-order valence-corrected chi connectivity index (χ2v) is 7.56. The molecule has 0 bridgehead atoms. The van der Waals surface area contributed by atoms with Crippen molar-refractivity contribution in [3.8, 4) is 11.5 Å². The van der Waals surface area contributed by atoms with Gasteiger partial charge in [-0.25, -0.2) is 0 Å². The summed E-state index contributed by atoms with van der Waals surface area (Å²) in [6.45, 7) is 4.25. The lowest BCUT2D eigenvalue weighted by Gasteiger charge is -2.13. The molecule has 0 radical (unpaired) electrons. The number of rotatable bonds is 8. The van der Waals surface area contributed by atoms with E-state index in [-0.39, 0.29) is 18.4 Å². The van der Waals surface area contributed by atoms with Crippen molar-refractivity contribution in [1.29, 1.82) is 0 Å². The number of carbonyl (C=O) groups is 2. The Morgan fingerprint density at radius 1 is 0.903 bits per heavy atom. The molecule has 3 rings (SSSR count). The highest BCUT2D eigenvalue weighted by Gasteiger charge is 2.14. The molecule has 0 aromatic heterocycles. The zero-order valence-corrected chi connectivity index (χ0v) is 18.9. The minimum absolute atomic E-state index is 0.171. The van der Waals surface area contributed by atoms with Gasteiger partial charge in [-0.2, -0.15) is 0 Å². The summed E-state index contributed by atoms with van der Waals surface area (Å²) in [5.41, 5.74) is 2.40. The smallest absolute Gasteiger partial charge is 0.262 e. The first-order valence-electron chi connectivity index (χ1n) is 9.78. The quantitative estimate of drug-likeness (QED) is 0.448. The van der Waals surface area contributed by atoms with Crippen LogP contribution in [0.25, 0.3) is 0 Å². The van der Waals surface area contributed by atoms with E-state index in [0.29, 0.717) is 29.3 Å². The average Bonchev–Trinajstić information content (AvgIpc) is 2.76. The number of anilines is 2. The van der Waals surface area contributed by atoms with Crippen LogP contribution in [0.3, 0.4) is 0 Å². The summed E-state index contributed by atoms with van der Waals surface area (Å²) in [7, 11) is 0. The van der Waals surface area contributed by atoms with E-state index in [1.165, 1.54) is 0 Å². The third-order valence-electron chi connectivity index (χ3n) is 4.37. The van der Waals surface area contributed by atoms with E-state index in [9.17, 15) is 9.59 Å². The summed E-state index contributed by atoms with van der Waals surface area (Å²) in [5, 5.41) is 5.57. The van der Waals surface area contributed by atoms with Gasteiger partial charge in [0.25, 0.3) is 11.8 Å². The van der Waals surface area contributed by atoms with Gasteiger partial charge in [-0.3, -0.25) is 9.59 Å². The molecule has 0 heterocycles. The number of hydrogen-bond acceptors (Lipinski definition) is 4. The first-order valence-corrected chi connectivity index (χ1v) is 10.6. The molecule has 0 unspecified atom stereocenters. The molecule has 0 aliphatic heterocycles. The van der Waals surface area contributed by atoms with E-state index < -0.39 is 0 Å². The Morgan fingerprint density at radius 2 is 1.61 bits per heavy atom. The standard InChI is InChI=1S/C24H23BrN2O4/c1-3-30-18-10-8-17(9-11-18)26-24(29)20-6-4-5-7-22(20)27-23(28)15-31-19-12-13-21(25)16(2)14-19/h4-14H,3,15H2,1-2H3,(H,26,29)(H,27,28). The minimum atomic E-state index is -0.359. The zero-order chi connectivity index (χ0) is 22.2. The lowest BCUT2D eigenvalue weighted by atomic mass is 10.1. The fourth-order valence-corrected chi connectivity index (χ4v) is 3.08. The van der Waals surface area contributed by atoms with Gasteiger partial charge in [0.05, 0.1) is 17.9 Å². The largest absolute Gasteiger partial charge is 0.494 e. The predicted octanol–water partition coefficient (Wildman–Crippen LogP) is 5.43. The van der Waals surface area contributed by atoms with Gasteiger partial charge in [-0.1, -0.05) is 28.1 Å². The van der Waals surface area contributed by atoms with Gasteiger partial charge in [0.15, 0.2) is 6.61 Å². The molecular weight excluding hydrogens is 460 g/mol. The van der Waals surface area contributed by atoms with E-state index in [1.54, 1.807) is 54.6 Å². The fourth-order valence-electron chi connectivity index (χ4n) is 2.83. The van der Waals surface area contributed by atoms with Gasteiger partial charge in [-0.05, 0) is 74.0 Å². The summed E-state index contributed by atoms with van der Waals surface area (Å²) in [4.78, 5) is 25.1. The van der Waals surface area contributed by atoms with Crippen molar-refractivity contribution in [2.75, 3.05) is 23.8 Å². The Bertz CT molecular complexity index is 1070. The zero-order valence-electron chi connectivity index (χ0n) is 17.3. The molecule has 0 atom stereocenters. The van der Waals surface area contributed by atoms with Gasteiger partial charge in [0, 0.05) is 10.2 Å². The molecule has 0 aliphatic rings. The van der Waals surface area contributed by atoms with E-state index in [1.807, 2.05) is 26.0 Å². The first-order chi connectivity index (χ1) is 15.0. The maximum absolute atomic E-state index is 12.7. The molecule has 0 spiro atoms. The molecule has 160 valence electrons. The van der Waals surface area contributed by atoms with E-state index in [0.717, 1.165) is 15.8 Å². The van der Waals surface area contributed by atoms with Crippen LogP contribution in [0.2, 0.25) is 0 Å². The molecule has 3 aromatic carbocycles. The molecule has 3 aromatic rings. The minimum Gasteiger partial charge on any atom is -0.494 e. The van der Waals surface area contributed by atoms with Gasteiger partial charge in [-0.15, -0.1) is 0 Å². The molecule has 0 aliphatic carbocycles. The van der Waals surface area contributed by atoms with Crippen LogP contribution in [0.4, 0.5) is 11.4 Å². The first kappa shape index (κ1) is 22.4. The highest BCUT2D eigenvalue weighted by Crippen LogP contribution is 2.22. The number of ether oxygens (including phenoxy) is 2. The predicted molar refractivity (Wildman–Crippen MR) is 125 cm³/mol. The van der Waals surface area contributed by atoms with Crippen molar-refractivity contribution in [3.63, 3.8) is 0 Å². The van der Waals surface area contributed by atoms with E-state index >= 15 is 0 Å². The summed E-state index contributed by atoms with van der Waals surface area (Å²) in [5.74, 6) is 0.637. The van der Waals surface area contributed by atoms with Crippen LogP contribution >= 0.6 is 15.9 Å². The lowest BCUT2D eigenvalue weighted by Crippen LogP contribution is -2.22. The molecule has 0 saturated heterocycles. The SMILES string of the molecule is CCOc1ccc(NC(=O)c2ccccc2NC(=O)COc2ccc(Br)c(C)c2)cc1. The summed E-state index contributed by atoms with van der Waals surface area (Å²) >= 11 is 3.43. The normalized spacial score (nSPS) is 10.3. The highest BCUT2D eigenvalue weighted by molar-refractivity contribution is 9.10. The van der Waals surface area contributed by atoms with Crippen LogP contribution in [0, 0.1) is 6.92 Å². The highest BCUT2D eigenvalue weighted by atomic mass is 79.9. The van der Waals surface area contributed by atoms with Crippen LogP contribution in [0.15, 0.2) is 71.2 Å². The molecule has 31 heavy (non-hydrogen) atoms. The topological polar surface area (TPSA) is 76.7 Å². The monoisotopic (exact) mass is 482 g/mol. The Hall–Kier alpha value is -3.32. The number of nitrogens with one attached hydrogen (secondary N) is 2. The molecule has 7 heteroatoms. The second kappa shape index (κ2) is 10.6. The Morgan fingerprint density at radius 3 is 2.32 bits per heavy atom. The van der Waals surface area contributed by atoms with Crippen molar-refractivity contribution < 1.29 is 19.1 Å². The Balaban J connectivity index is 1.62. The lowest BCUT2D eigenvalue weighted by molar-refractivity contribution is -0.118. The number of carbonyl (C=O) groups excluding carboxylic acids is 2. The van der Waals surface area contributed by atoms with Crippen molar-refractivity contribution in [2.45, 2.75) is 13.8 Å². The molecule has 6 nitrogen and oxygen atoms in total. The number of benzene rings is 3. The second-order valence-electron chi connectivity index (χ2n) is 6.70. The van der Waals surface area contributed by atoms with Gasteiger partial charge in [0.1, 0.15) is 11.5 Å². The number of halogens is 1. The maximum Gasteiger partial charge on any atom is 0.262 e. The molecule has 0 fully saturated rings. The van der Waals surface area contributed by atoms with Gasteiger partial charge in [0.2, 0.25) is 0 Å². The van der Waals surface area contributed by atoms with Crippen molar-refractivity contribution >= 4 is 39.1 Å². The van der Waals surface area contributed by atoms with Crippen LogP contribution in [0.1, 0.15) is 22.8 Å². The molecule has 0 saturated carbocycles. The van der Waals surface area contributed by atoms with Crippen molar-refractivity contribution in [2.24, 2.45) is 0 Å². The Kier molecular flexibility index (Phi) is 7.67. The van der Waals surface area contributed by atoms with Crippen LogP contribution in [-0.2, 0) is 4.79 Å². The maximum atomic E-state index is 12.7. The number of amides is 2. The van der Waals surface area contributed by atoms with Crippen molar-refractivity contribution in [1.82, 2.24) is 0 Å². The number of aryl methyl sites for hydroxylation is 1. The molecular formula is C24H23BrN2O4. The third kappa shape index (κ3) is 6.33.